The Morgan fingerprint density at radius 1 is 1.12 bits per heavy atom. The molecule has 11 heteroatoms. The first-order valence-electron chi connectivity index (χ1n) is 10.3. The summed E-state index contributed by atoms with van der Waals surface area (Å²) in [7, 11) is 5.78. The maximum absolute atomic E-state index is 13.0. The Labute approximate surface area is 192 Å². The number of aromatic nitrogens is 3. The number of nitrogens with zero attached hydrogens (tertiary/aromatic N) is 4. The van der Waals surface area contributed by atoms with E-state index in [0.29, 0.717) is 38.9 Å². The number of hydrogen-bond donors (Lipinski definition) is 2. The SMILES string of the molecule is CN(C)CCCNC(=O)c1ccc2c(c1)nc(Nc1nc3ccc(C(F)(F)F)cc3s1)n2C. The van der Waals surface area contributed by atoms with Gasteiger partial charge in [0.2, 0.25) is 5.95 Å². The van der Waals surface area contributed by atoms with E-state index in [1.165, 1.54) is 6.07 Å². The number of benzene rings is 2. The van der Waals surface area contributed by atoms with Crippen LogP contribution in [0, 0.1) is 0 Å². The van der Waals surface area contributed by atoms with Gasteiger partial charge in [-0.25, -0.2) is 9.97 Å². The molecule has 174 valence electrons. The van der Waals surface area contributed by atoms with Gasteiger partial charge in [-0.15, -0.1) is 0 Å². The molecule has 2 heterocycles. The maximum atomic E-state index is 13.0. The number of carbonyl (C=O) groups excluding carboxylic acids is 1. The van der Waals surface area contributed by atoms with E-state index in [-0.39, 0.29) is 5.91 Å². The number of imidazole rings is 1. The Morgan fingerprint density at radius 2 is 1.91 bits per heavy atom. The van der Waals surface area contributed by atoms with Crippen LogP contribution < -0.4 is 10.6 Å². The zero-order chi connectivity index (χ0) is 23.8. The van der Waals surface area contributed by atoms with Crippen LogP contribution in [0.15, 0.2) is 36.4 Å². The number of fused-ring (bicyclic) bond motifs is 2. The number of carbonyl (C=O) groups is 1. The van der Waals surface area contributed by atoms with E-state index < -0.39 is 11.7 Å². The molecule has 0 spiro atoms. The van der Waals surface area contributed by atoms with Crippen LogP contribution in [0.3, 0.4) is 0 Å². The second-order valence-corrected chi connectivity index (χ2v) is 8.97. The highest BCUT2D eigenvalue weighted by Gasteiger charge is 2.30. The lowest BCUT2D eigenvalue weighted by Crippen LogP contribution is -2.27. The topological polar surface area (TPSA) is 75.1 Å². The lowest BCUT2D eigenvalue weighted by Gasteiger charge is -2.09. The van der Waals surface area contributed by atoms with Crippen molar-refractivity contribution in [2.45, 2.75) is 12.6 Å². The van der Waals surface area contributed by atoms with Crippen molar-refractivity contribution in [2.24, 2.45) is 7.05 Å². The average Bonchev–Trinajstić information content (AvgIpc) is 3.29. The molecule has 2 N–H and O–H groups in total. The van der Waals surface area contributed by atoms with Crippen LogP contribution in [0.4, 0.5) is 24.3 Å². The molecule has 0 radical (unpaired) electrons. The molecular weight excluding hydrogens is 453 g/mol. The number of anilines is 2. The van der Waals surface area contributed by atoms with E-state index in [2.05, 4.69) is 25.5 Å². The third-order valence-corrected chi connectivity index (χ3v) is 6.08. The Hall–Kier alpha value is -3.18. The number of thiazole rings is 1. The molecule has 4 aromatic rings. The molecule has 0 unspecified atom stereocenters. The van der Waals surface area contributed by atoms with Gasteiger partial charge < -0.3 is 20.1 Å². The van der Waals surface area contributed by atoms with Gasteiger partial charge in [0.05, 0.1) is 26.8 Å². The van der Waals surface area contributed by atoms with Gasteiger partial charge in [-0.05, 0) is 63.5 Å². The van der Waals surface area contributed by atoms with Crippen LogP contribution in [-0.4, -0.2) is 52.5 Å². The minimum atomic E-state index is -4.40. The highest BCUT2D eigenvalue weighted by atomic mass is 32.1. The summed E-state index contributed by atoms with van der Waals surface area (Å²) in [4.78, 5) is 23.4. The molecule has 7 nitrogen and oxygen atoms in total. The smallest absolute Gasteiger partial charge is 0.352 e. The fraction of sp³-hybridized carbons (Fsp3) is 0.318. The molecule has 0 fully saturated rings. The van der Waals surface area contributed by atoms with Crippen molar-refractivity contribution in [2.75, 3.05) is 32.5 Å². The van der Waals surface area contributed by atoms with Gasteiger partial charge in [0.1, 0.15) is 0 Å². The van der Waals surface area contributed by atoms with E-state index in [1.54, 1.807) is 16.7 Å². The van der Waals surface area contributed by atoms with Crippen molar-refractivity contribution in [3.05, 3.63) is 47.5 Å². The summed E-state index contributed by atoms with van der Waals surface area (Å²) >= 11 is 1.12. The first-order valence-corrected chi connectivity index (χ1v) is 11.1. The molecular formula is C22H23F3N6OS. The molecule has 0 saturated heterocycles. The second kappa shape index (κ2) is 8.99. The van der Waals surface area contributed by atoms with Gasteiger partial charge in [0, 0.05) is 19.2 Å². The first kappa shape index (κ1) is 23.0. The molecule has 0 saturated carbocycles. The number of aryl methyl sites for hydroxylation is 1. The molecule has 2 aromatic carbocycles. The summed E-state index contributed by atoms with van der Waals surface area (Å²) in [6, 6.07) is 8.75. The van der Waals surface area contributed by atoms with E-state index in [1.807, 2.05) is 27.2 Å². The summed E-state index contributed by atoms with van der Waals surface area (Å²) in [5, 5.41) is 6.42. The summed E-state index contributed by atoms with van der Waals surface area (Å²) in [5.41, 5.74) is 1.71. The minimum Gasteiger partial charge on any atom is -0.352 e. The molecule has 0 aliphatic carbocycles. The van der Waals surface area contributed by atoms with Gasteiger partial charge in [-0.3, -0.25) is 4.79 Å². The van der Waals surface area contributed by atoms with E-state index in [4.69, 9.17) is 0 Å². The Balaban J connectivity index is 1.52. The number of alkyl halides is 3. The van der Waals surface area contributed by atoms with E-state index in [0.717, 1.165) is 42.0 Å². The van der Waals surface area contributed by atoms with Gasteiger partial charge >= 0.3 is 6.18 Å². The molecule has 4 rings (SSSR count). The van der Waals surface area contributed by atoms with Gasteiger partial charge in [-0.1, -0.05) is 11.3 Å². The van der Waals surface area contributed by atoms with Gasteiger partial charge in [0.15, 0.2) is 5.13 Å². The Bertz CT molecular complexity index is 1310. The van der Waals surface area contributed by atoms with Crippen molar-refractivity contribution in [3.63, 3.8) is 0 Å². The predicted molar refractivity (Wildman–Crippen MR) is 124 cm³/mol. The summed E-state index contributed by atoms with van der Waals surface area (Å²) < 4.78 is 41.2. The standard InChI is InChI=1S/C22H23F3N6OS/c1-30(2)10-4-9-26-19(32)13-5-8-17-16(11-13)27-20(31(17)3)29-21-28-15-7-6-14(22(23,24)25)12-18(15)33-21/h5-8,11-12H,4,9-10H2,1-3H3,(H,26,32)(H,27,28,29). The van der Waals surface area contributed by atoms with Gasteiger partial charge in [0.25, 0.3) is 5.91 Å². The number of rotatable bonds is 7. The minimum absolute atomic E-state index is 0.164. The molecule has 0 aliphatic rings. The highest BCUT2D eigenvalue weighted by molar-refractivity contribution is 7.22. The van der Waals surface area contributed by atoms with Crippen molar-refractivity contribution in [1.29, 1.82) is 0 Å². The third kappa shape index (κ3) is 5.09. The van der Waals surface area contributed by atoms with Crippen LogP contribution in [0.5, 0.6) is 0 Å². The molecule has 2 aromatic heterocycles. The summed E-state index contributed by atoms with van der Waals surface area (Å²) in [6.07, 6.45) is -3.55. The third-order valence-electron chi connectivity index (χ3n) is 5.15. The normalized spacial score (nSPS) is 12.1. The monoisotopic (exact) mass is 476 g/mol. The quantitative estimate of drug-likeness (QED) is 0.381. The molecule has 0 bridgehead atoms. The molecule has 0 aliphatic heterocycles. The average molecular weight is 477 g/mol. The number of halogens is 3. The van der Waals surface area contributed by atoms with Crippen molar-refractivity contribution < 1.29 is 18.0 Å². The Morgan fingerprint density at radius 3 is 2.64 bits per heavy atom. The van der Waals surface area contributed by atoms with E-state index >= 15 is 0 Å². The van der Waals surface area contributed by atoms with E-state index in [9.17, 15) is 18.0 Å². The Kier molecular flexibility index (Phi) is 6.26. The van der Waals surface area contributed by atoms with Crippen LogP contribution in [-0.2, 0) is 13.2 Å². The molecule has 33 heavy (non-hydrogen) atoms. The lowest BCUT2D eigenvalue weighted by molar-refractivity contribution is -0.137. The molecule has 1 amide bonds. The zero-order valence-electron chi connectivity index (χ0n) is 18.3. The van der Waals surface area contributed by atoms with Crippen molar-refractivity contribution >= 4 is 49.6 Å². The van der Waals surface area contributed by atoms with Crippen LogP contribution in [0.25, 0.3) is 21.3 Å². The predicted octanol–water partition coefficient (Wildman–Crippen LogP) is 4.63. The highest BCUT2D eigenvalue weighted by Crippen LogP contribution is 2.35. The largest absolute Gasteiger partial charge is 0.416 e. The fourth-order valence-corrected chi connectivity index (χ4v) is 4.30. The van der Waals surface area contributed by atoms with Crippen LogP contribution in [0.1, 0.15) is 22.3 Å². The first-order chi connectivity index (χ1) is 15.6. The van der Waals surface area contributed by atoms with Crippen molar-refractivity contribution in [1.82, 2.24) is 24.8 Å². The lowest BCUT2D eigenvalue weighted by atomic mass is 10.2. The number of nitrogens with one attached hydrogen (secondary N) is 2. The maximum Gasteiger partial charge on any atom is 0.416 e. The zero-order valence-corrected chi connectivity index (χ0v) is 19.1. The second-order valence-electron chi connectivity index (χ2n) is 7.93. The molecule has 0 atom stereocenters. The summed E-state index contributed by atoms with van der Waals surface area (Å²) in [6.45, 7) is 1.47. The van der Waals surface area contributed by atoms with Gasteiger partial charge in [-0.2, -0.15) is 13.2 Å². The van der Waals surface area contributed by atoms with Crippen LogP contribution >= 0.6 is 11.3 Å². The fourth-order valence-electron chi connectivity index (χ4n) is 3.40. The number of hydrogen-bond acceptors (Lipinski definition) is 6. The number of amides is 1. The van der Waals surface area contributed by atoms with Crippen molar-refractivity contribution in [3.8, 4) is 0 Å². The van der Waals surface area contributed by atoms with Crippen LogP contribution in [0.2, 0.25) is 0 Å². The summed E-state index contributed by atoms with van der Waals surface area (Å²) in [5.74, 6) is 0.311.